The Hall–Kier alpha value is -7.44. The van der Waals surface area contributed by atoms with Crippen molar-refractivity contribution in [2.45, 2.75) is 37.4 Å². The molecule has 1 aliphatic carbocycles. The van der Waals surface area contributed by atoms with E-state index in [1.54, 1.807) is 79.9 Å². The number of hydrogen-bond acceptors (Lipinski definition) is 13. The van der Waals surface area contributed by atoms with E-state index in [1.165, 1.54) is 55.5 Å². The number of fused-ring (bicyclic) bond motifs is 5. The molecule has 4 unspecified atom stereocenters. The molecule has 352 valence electrons. The van der Waals surface area contributed by atoms with Crippen molar-refractivity contribution in [3.05, 3.63) is 143 Å². The Kier molecular flexibility index (Phi) is 11.9. The van der Waals surface area contributed by atoms with E-state index in [-0.39, 0.29) is 59.6 Å². The molecule has 18 nitrogen and oxygen atoms in total. The van der Waals surface area contributed by atoms with E-state index in [4.69, 9.17) is 46.9 Å². The van der Waals surface area contributed by atoms with Crippen molar-refractivity contribution in [2.75, 3.05) is 41.0 Å². The third-order valence-corrected chi connectivity index (χ3v) is 13.7. The lowest BCUT2D eigenvalue weighted by atomic mass is 9.54. The predicted octanol–water partition coefficient (Wildman–Crippen LogP) is 5.52. The van der Waals surface area contributed by atoms with E-state index >= 15 is 9.59 Å². The number of allylic oxidation sites excluding steroid dienone is 3. The van der Waals surface area contributed by atoms with Crippen LogP contribution >= 0.6 is 23.2 Å². The molecule has 2 fully saturated rings. The number of anilines is 1. The van der Waals surface area contributed by atoms with Crippen LogP contribution in [0.1, 0.15) is 29.3 Å². The number of nitrogens with zero attached hydrogens (tertiary/aromatic N) is 6. The highest BCUT2D eigenvalue weighted by Crippen LogP contribution is 2.59. The fourth-order valence-electron chi connectivity index (χ4n) is 9.90. The zero-order chi connectivity index (χ0) is 48.3. The minimum absolute atomic E-state index is 0.0659. The van der Waals surface area contributed by atoms with Gasteiger partial charge in [0.15, 0.2) is 23.0 Å². The largest absolute Gasteiger partial charge is 0.502 e. The lowest BCUT2D eigenvalue weighted by Crippen LogP contribution is -2.54. The molecule has 2 N–H and O–H groups in total. The number of ether oxygens (including phenoxy) is 5. The highest BCUT2D eigenvalue weighted by Gasteiger charge is 2.68. The van der Waals surface area contributed by atoms with Crippen molar-refractivity contribution in [1.29, 1.82) is 0 Å². The van der Waals surface area contributed by atoms with Crippen LogP contribution in [0, 0.1) is 11.8 Å². The number of methoxy groups -OCH3 is 5. The lowest BCUT2D eigenvalue weighted by molar-refractivity contribution is -0.138. The second-order valence-corrected chi connectivity index (χ2v) is 17.3. The van der Waals surface area contributed by atoms with Crippen LogP contribution in [0.25, 0.3) is 17.1 Å². The molecule has 0 radical (unpaired) electrons. The van der Waals surface area contributed by atoms with Gasteiger partial charge in [0.2, 0.25) is 5.75 Å². The van der Waals surface area contributed by atoms with Crippen LogP contribution < -0.4 is 46.0 Å². The highest BCUT2D eigenvalue weighted by atomic mass is 35.5. The van der Waals surface area contributed by atoms with Crippen molar-refractivity contribution in [3.8, 4) is 34.5 Å². The Bertz CT molecular complexity index is 3280. The Morgan fingerprint density at radius 3 is 2.16 bits per heavy atom. The smallest absolute Gasteiger partial charge is 0.347 e. The third-order valence-electron chi connectivity index (χ3n) is 13.2. The van der Waals surface area contributed by atoms with Gasteiger partial charge < -0.3 is 33.4 Å². The number of carbonyl (C=O) groups is 2. The molecule has 0 bridgehead atoms. The number of aryl methyl sites for hydroxylation is 2. The van der Waals surface area contributed by atoms with E-state index in [1.807, 2.05) is 6.08 Å². The van der Waals surface area contributed by atoms with Crippen LogP contribution in [0.5, 0.6) is 34.5 Å². The molecule has 9 rings (SSSR count). The first kappa shape index (κ1) is 45.7. The quantitative estimate of drug-likeness (QED) is 0.108. The SMILES string of the molecule is COc1ccc(C23C(=O)N(Nc4ccc(Cl)cc4Cl)C(=O)C2CC2C(=CCn4c(=O)n(CCc5nc6cc(OC)c(OC)cc6n(C)c5=O)c(=O)n42)C3C=Cc2cc(OC)c(O)c(OC)c2)cc1. The summed E-state index contributed by atoms with van der Waals surface area (Å²) in [5, 5.41) is 12.2. The van der Waals surface area contributed by atoms with Crippen molar-refractivity contribution in [3.63, 3.8) is 0 Å². The number of aromatic nitrogens is 5. The lowest BCUT2D eigenvalue weighted by Gasteiger charge is -2.47. The molecule has 6 aromatic rings. The van der Waals surface area contributed by atoms with Crippen molar-refractivity contribution in [1.82, 2.24) is 28.5 Å². The maximum atomic E-state index is 15.6. The Balaban J connectivity index is 1.18. The number of carbonyl (C=O) groups excluding carboxylic acids is 2. The zero-order valence-corrected chi connectivity index (χ0v) is 39.1. The molecular weight excluding hydrogens is 921 g/mol. The van der Waals surface area contributed by atoms with Gasteiger partial charge in [0.25, 0.3) is 17.4 Å². The topological polar surface area (TPSA) is 200 Å². The average molecular weight is 967 g/mol. The minimum atomic E-state index is -1.65. The molecule has 1 saturated carbocycles. The standard InChI is InChI=1S/C48H45Cl2N7O11/c1-53-37-24-39(66-4)38(65-3)23-35(37)51-34(44(53)60)16-17-54-46(62)55-18-15-29-30(13-7-25-19-40(67-5)42(58)41(20-25)68-6)48(26-8-11-28(64-2)12-9-26)31(22-36(29)57(55)47(54)63)43(59)56(45(48)61)52-33-14-10-27(49)21-32(33)50/h7-15,19-21,23-24,30-31,36,52,58H,16-18,22H2,1-6H3. The average Bonchev–Trinajstić information content (AvgIpc) is 3.72. The maximum absolute atomic E-state index is 15.6. The van der Waals surface area contributed by atoms with Gasteiger partial charge in [-0.1, -0.05) is 53.6 Å². The number of hydrazine groups is 1. The normalized spacial score (nSPS) is 19.7. The summed E-state index contributed by atoms with van der Waals surface area (Å²) < 4.78 is 32.4. The molecule has 2 amide bonds. The first-order valence-electron chi connectivity index (χ1n) is 21.3. The van der Waals surface area contributed by atoms with Gasteiger partial charge in [-0.2, -0.15) is 5.01 Å². The number of amides is 2. The molecule has 2 aliphatic heterocycles. The van der Waals surface area contributed by atoms with E-state index in [2.05, 4.69) is 10.4 Å². The van der Waals surface area contributed by atoms with Crippen LogP contribution in [0.4, 0.5) is 5.69 Å². The van der Waals surface area contributed by atoms with E-state index in [9.17, 15) is 19.5 Å². The van der Waals surface area contributed by atoms with Gasteiger partial charge >= 0.3 is 11.4 Å². The van der Waals surface area contributed by atoms with Gasteiger partial charge in [0.1, 0.15) is 11.4 Å². The van der Waals surface area contributed by atoms with Crippen molar-refractivity contribution in [2.24, 2.45) is 18.9 Å². The number of halogens is 2. The molecular formula is C48H45Cl2N7O11. The van der Waals surface area contributed by atoms with Gasteiger partial charge in [0, 0.05) is 43.1 Å². The fourth-order valence-corrected chi connectivity index (χ4v) is 10.3. The monoisotopic (exact) mass is 965 g/mol. The first-order valence-corrected chi connectivity index (χ1v) is 22.1. The molecule has 4 atom stereocenters. The van der Waals surface area contributed by atoms with Crippen LogP contribution in [0.2, 0.25) is 10.0 Å². The number of aromatic hydroxyl groups is 1. The molecule has 4 heterocycles. The van der Waals surface area contributed by atoms with Crippen LogP contribution in [0.3, 0.4) is 0 Å². The molecule has 68 heavy (non-hydrogen) atoms. The number of phenolic OH excluding ortho intramolecular Hbond substituents is 1. The number of nitrogens with one attached hydrogen (secondary N) is 1. The molecule has 3 aliphatic rings. The van der Waals surface area contributed by atoms with Gasteiger partial charge in [-0.15, -0.1) is 0 Å². The fraction of sp³-hybridized carbons (Fsp3) is 0.292. The number of rotatable bonds is 13. The van der Waals surface area contributed by atoms with E-state index < -0.39 is 52.0 Å². The number of imide groups is 1. The first-order chi connectivity index (χ1) is 32.7. The molecule has 1 saturated heterocycles. The Morgan fingerprint density at radius 2 is 1.51 bits per heavy atom. The summed E-state index contributed by atoms with van der Waals surface area (Å²) in [5.41, 5.74) is 2.46. The Morgan fingerprint density at radius 1 is 0.838 bits per heavy atom. The predicted molar refractivity (Wildman–Crippen MR) is 252 cm³/mol. The van der Waals surface area contributed by atoms with Gasteiger partial charge in [0.05, 0.1) is 81.2 Å². The van der Waals surface area contributed by atoms with Crippen LogP contribution in [-0.2, 0) is 41.6 Å². The number of hydrogen-bond donors (Lipinski definition) is 2. The molecule has 2 aromatic heterocycles. The van der Waals surface area contributed by atoms with Crippen molar-refractivity contribution < 1.29 is 38.4 Å². The molecule has 0 spiro atoms. The van der Waals surface area contributed by atoms with Crippen LogP contribution in [-0.4, -0.2) is 81.0 Å². The van der Waals surface area contributed by atoms with E-state index in [0.717, 1.165) is 9.58 Å². The van der Waals surface area contributed by atoms with Gasteiger partial charge in [-0.05, 0) is 65.6 Å². The maximum Gasteiger partial charge on any atom is 0.347 e. The Labute approximate surface area is 397 Å². The van der Waals surface area contributed by atoms with Crippen LogP contribution in [0.15, 0.2) is 98.8 Å². The van der Waals surface area contributed by atoms with Gasteiger partial charge in [-0.25, -0.2) is 28.5 Å². The number of benzene rings is 4. The number of phenols is 1. The highest BCUT2D eigenvalue weighted by molar-refractivity contribution is 6.36. The summed E-state index contributed by atoms with van der Waals surface area (Å²) >= 11 is 12.8. The van der Waals surface area contributed by atoms with Gasteiger partial charge in [-0.3, -0.25) is 19.8 Å². The summed E-state index contributed by atoms with van der Waals surface area (Å²) in [5.74, 6) is -1.93. The van der Waals surface area contributed by atoms with E-state index in [0.29, 0.717) is 50.0 Å². The minimum Gasteiger partial charge on any atom is -0.502 e. The molecule has 20 heteroatoms. The second-order valence-electron chi connectivity index (χ2n) is 16.4. The summed E-state index contributed by atoms with van der Waals surface area (Å²) in [6.45, 7) is -0.263. The second kappa shape index (κ2) is 17.7. The van der Waals surface area contributed by atoms with Crippen molar-refractivity contribution >= 4 is 57.8 Å². The third kappa shape index (κ3) is 7.16. The summed E-state index contributed by atoms with van der Waals surface area (Å²) in [6, 6.07) is 17.0. The summed E-state index contributed by atoms with van der Waals surface area (Å²) in [4.78, 5) is 78.0. The summed E-state index contributed by atoms with van der Waals surface area (Å²) in [6.07, 6.45) is 5.17. The zero-order valence-electron chi connectivity index (χ0n) is 37.6. The summed E-state index contributed by atoms with van der Waals surface area (Å²) in [7, 11) is 8.88. The molecule has 4 aromatic carbocycles.